The van der Waals surface area contributed by atoms with Gasteiger partial charge in [0.2, 0.25) is 0 Å². The monoisotopic (exact) mass is 243 g/mol. The number of rotatable bonds is 8. The molecule has 0 aliphatic heterocycles. The number of nitrogens with one attached hydrogen (secondary N) is 1. The van der Waals surface area contributed by atoms with Crippen LogP contribution < -0.4 is 10.2 Å². The number of hydrogen-bond donors (Lipinski definition) is 1. The summed E-state index contributed by atoms with van der Waals surface area (Å²) < 4.78 is 0. The molecule has 1 saturated carbocycles. The Morgan fingerprint density at radius 1 is 1.22 bits per heavy atom. The van der Waals surface area contributed by atoms with Crippen LogP contribution in [-0.4, -0.2) is 25.7 Å². The van der Waals surface area contributed by atoms with Crippen LogP contribution in [0, 0.1) is 11.3 Å². The molecule has 2 rings (SSSR count). The molecule has 1 fully saturated rings. The van der Waals surface area contributed by atoms with E-state index >= 15 is 0 Å². The third-order valence-corrected chi connectivity index (χ3v) is 3.23. The molecule has 0 heterocycles. The SMILES string of the molecule is N#CCCN(CCCNC1CC1)c1ccccc1. The molecular formula is C15H21N3. The van der Waals surface area contributed by atoms with Gasteiger partial charge in [-0.05, 0) is 37.9 Å². The first kappa shape index (κ1) is 12.9. The Labute approximate surface area is 109 Å². The van der Waals surface area contributed by atoms with Crippen molar-refractivity contribution in [3.63, 3.8) is 0 Å². The Hall–Kier alpha value is -1.53. The van der Waals surface area contributed by atoms with Crippen LogP contribution in [0.3, 0.4) is 0 Å². The lowest BCUT2D eigenvalue weighted by Gasteiger charge is -2.23. The molecule has 0 saturated heterocycles. The lowest BCUT2D eigenvalue weighted by molar-refractivity contribution is 0.630. The van der Waals surface area contributed by atoms with Gasteiger partial charge in [0.1, 0.15) is 0 Å². The summed E-state index contributed by atoms with van der Waals surface area (Å²) in [7, 11) is 0. The average molecular weight is 243 g/mol. The largest absolute Gasteiger partial charge is 0.370 e. The van der Waals surface area contributed by atoms with Crippen LogP contribution in [0.15, 0.2) is 30.3 Å². The van der Waals surface area contributed by atoms with Gasteiger partial charge in [0.15, 0.2) is 0 Å². The van der Waals surface area contributed by atoms with E-state index in [0.717, 1.165) is 32.1 Å². The van der Waals surface area contributed by atoms with Crippen molar-refractivity contribution in [2.24, 2.45) is 0 Å². The number of anilines is 1. The van der Waals surface area contributed by atoms with Crippen LogP contribution in [0.4, 0.5) is 5.69 Å². The van der Waals surface area contributed by atoms with Crippen LogP contribution >= 0.6 is 0 Å². The smallest absolute Gasteiger partial charge is 0.0640 e. The van der Waals surface area contributed by atoms with Crippen molar-refractivity contribution < 1.29 is 0 Å². The van der Waals surface area contributed by atoms with Gasteiger partial charge in [-0.2, -0.15) is 5.26 Å². The molecule has 1 aliphatic rings. The molecular weight excluding hydrogens is 222 g/mol. The second-order valence-electron chi connectivity index (χ2n) is 4.81. The third-order valence-electron chi connectivity index (χ3n) is 3.23. The molecule has 1 aliphatic carbocycles. The summed E-state index contributed by atoms with van der Waals surface area (Å²) in [5.41, 5.74) is 1.22. The minimum absolute atomic E-state index is 0.588. The van der Waals surface area contributed by atoms with Gasteiger partial charge >= 0.3 is 0 Å². The first-order valence-electron chi connectivity index (χ1n) is 6.80. The predicted molar refractivity (Wildman–Crippen MR) is 74.5 cm³/mol. The van der Waals surface area contributed by atoms with Crippen LogP contribution in [0.5, 0.6) is 0 Å². The molecule has 96 valence electrons. The predicted octanol–water partition coefficient (Wildman–Crippen LogP) is 2.55. The van der Waals surface area contributed by atoms with Crippen LogP contribution in [0.25, 0.3) is 0 Å². The Bertz CT molecular complexity index is 378. The Kier molecular flexibility index (Phi) is 5.04. The van der Waals surface area contributed by atoms with Crippen LogP contribution in [-0.2, 0) is 0 Å². The molecule has 0 spiro atoms. The first-order valence-corrected chi connectivity index (χ1v) is 6.80. The van der Waals surface area contributed by atoms with E-state index in [1.807, 2.05) is 6.07 Å². The highest BCUT2D eigenvalue weighted by Crippen LogP contribution is 2.18. The van der Waals surface area contributed by atoms with E-state index in [4.69, 9.17) is 5.26 Å². The van der Waals surface area contributed by atoms with Crippen molar-refractivity contribution in [1.29, 1.82) is 5.26 Å². The highest BCUT2D eigenvalue weighted by molar-refractivity contribution is 5.45. The van der Waals surface area contributed by atoms with Gasteiger partial charge < -0.3 is 10.2 Å². The molecule has 0 unspecified atom stereocenters. The van der Waals surface area contributed by atoms with Gasteiger partial charge in [0.05, 0.1) is 12.5 Å². The van der Waals surface area contributed by atoms with Crippen molar-refractivity contribution in [2.45, 2.75) is 31.7 Å². The highest BCUT2D eigenvalue weighted by Gasteiger charge is 2.19. The van der Waals surface area contributed by atoms with E-state index in [1.54, 1.807) is 0 Å². The number of benzene rings is 1. The van der Waals surface area contributed by atoms with Crippen molar-refractivity contribution in [2.75, 3.05) is 24.5 Å². The third kappa shape index (κ3) is 4.38. The van der Waals surface area contributed by atoms with E-state index in [-0.39, 0.29) is 0 Å². The van der Waals surface area contributed by atoms with E-state index in [9.17, 15) is 0 Å². The van der Waals surface area contributed by atoms with Crippen LogP contribution in [0.1, 0.15) is 25.7 Å². The summed E-state index contributed by atoms with van der Waals surface area (Å²) >= 11 is 0. The standard InChI is InChI=1S/C15H21N3/c16-10-4-12-18(15-6-2-1-3-7-15)13-5-11-17-14-8-9-14/h1-3,6-7,14,17H,4-5,8-9,11-13H2. The quantitative estimate of drug-likeness (QED) is 0.713. The number of hydrogen-bond acceptors (Lipinski definition) is 3. The maximum absolute atomic E-state index is 8.73. The molecule has 1 aromatic carbocycles. The second kappa shape index (κ2) is 7.03. The van der Waals surface area contributed by atoms with Gasteiger partial charge in [-0.25, -0.2) is 0 Å². The minimum atomic E-state index is 0.588. The zero-order valence-corrected chi connectivity index (χ0v) is 10.8. The second-order valence-corrected chi connectivity index (χ2v) is 4.81. The van der Waals surface area contributed by atoms with Crippen molar-refractivity contribution in [3.05, 3.63) is 30.3 Å². The molecule has 1 aromatic rings. The Morgan fingerprint density at radius 3 is 2.67 bits per heavy atom. The molecule has 0 atom stereocenters. The fraction of sp³-hybridized carbons (Fsp3) is 0.533. The normalized spacial score (nSPS) is 14.2. The maximum atomic E-state index is 8.73. The van der Waals surface area contributed by atoms with E-state index in [2.05, 4.69) is 40.6 Å². The molecule has 3 nitrogen and oxygen atoms in total. The lowest BCUT2D eigenvalue weighted by atomic mass is 10.2. The number of nitriles is 1. The summed E-state index contributed by atoms with van der Waals surface area (Å²) in [6.45, 7) is 2.93. The fourth-order valence-electron chi connectivity index (χ4n) is 2.06. The molecule has 0 amide bonds. The summed E-state index contributed by atoms with van der Waals surface area (Å²) in [6, 6.07) is 13.4. The van der Waals surface area contributed by atoms with Gasteiger partial charge in [0, 0.05) is 24.8 Å². The summed E-state index contributed by atoms with van der Waals surface area (Å²) in [4.78, 5) is 2.30. The maximum Gasteiger partial charge on any atom is 0.0640 e. The minimum Gasteiger partial charge on any atom is -0.370 e. The van der Waals surface area contributed by atoms with Crippen molar-refractivity contribution in [1.82, 2.24) is 5.32 Å². The summed E-state index contributed by atoms with van der Waals surface area (Å²) in [5.74, 6) is 0. The van der Waals surface area contributed by atoms with Crippen molar-refractivity contribution in [3.8, 4) is 6.07 Å². The van der Waals surface area contributed by atoms with E-state index in [0.29, 0.717) is 6.42 Å². The average Bonchev–Trinajstić information content (AvgIpc) is 3.23. The summed E-state index contributed by atoms with van der Waals surface area (Å²) in [5, 5.41) is 12.3. The molecule has 1 N–H and O–H groups in total. The highest BCUT2D eigenvalue weighted by atomic mass is 15.1. The Morgan fingerprint density at radius 2 is 2.00 bits per heavy atom. The number of para-hydroxylation sites is 1. The van der Waals surface area contributed by atoms with Crippen LogP contribution in [0.2, 0.25) is 0 Å². The number of nitrogens with zero attached hydrogens (tertiary/aromatic N) is 2. The molecule has 3 heteroatoms. The van der Waals surface area contributed by atoms with Gasteiger partial charge in [-0.15, -0.1) is 0 Å². The molecule has 18 heavy (non-hydrogen) atoms. The van der Waals surface area contributed by atoms with E-state index in [1.165, 1.54) is 18.5 Å². The molecule has 0 aromatic heterocycles. The Balaban J connectivity index is 1.78. The van der Waals surface area contributed by atoms with Crippen molar-refractivity contribution >= 4 is 5.69 Å². The first-order chi connectivity index (χ1) is 8.90. The zero-order valence-electron chi connectivity index (χ0n) is 10.8. The van der Waals surface area contributed by atoms with E-state index < -0.39 is 0 Å². The van der Waals surface area contributed by atoms with Gasteiger partial charge in [-0.3, -0.25) is 0 Å². The summed E-state index contributed by atoms with van der Waals surface area (Å²) in [6.07, 6.45) is 4.41. The zero-order chi connectivity index (χ0) is 12.6. The fourth-order valence-corrected chi connectivity index (χ4v) is 2.06. The van der Waals surface area contributed by atoms with Gasteiger partial charge in [0.25, 0.3) is 0 Å². The molecule has 0 bridgehead atoms. The molecule has 0 radical (unpaired) electrons. The van der Waals surface area contributed by atoms with Gasteiger partial charge in [-0.1, -0.05) is 18.2 Å². The lowest BCUT2D eigenvalue weighted by Crippen LogP contribution is -2.28. The topological polar surface area (TPSA) is 39.1 Å².